The Balaban J connectivity index is 2.42. The fourth-order valence-corrected chi connectivity index (χ4v) is 2.15. The maximum absolute atomic E-state index is 12.0. The maximum Gasteiger partial charge on any atom is 0.334 e. The molecule has 0 saturated carbocycles. The first-order valence-electron chi connectivity index (χ1n) is 6.28. The molecule has 6 heteroatoms. The third-order valence-corrected chi connectivity index (χ3v) is 3.18. The summed E-state index contributed by atoms with van der Waals surface area (Å²) in [7, 11) is 1.50. The van der Waals surface area contributed by atoms with Crippen LogP contribution < -0.4 is 4.74 Å². The number of carbonyl (C=O) groups excluding carboxylic acids is 1. The quantitative estimate of drug-likeness (QED) is 0.799. The van der Waals surface area contributed by atoms with Crippen molar-refractivity contribution in [3.05, 3.63) is 34.6 Å². The van der Waals surface area contributed by atoms with Crippen LogP contribution in [0.3, 0.4) is 0 Å². The molecule has 5 nitrogen and oxygen atoms in total. The van der Waals surface area contributed by atoms with Crippen LogP contribution in [-0.4, -0.2) is 29.7 Å². The molecule has 1 aliphatic rings. The lowest BCUT2D eigenvalue weighted by Crippen LogP contribution is -2.12. The Labute approximate surface area is 122 Å². The van der Waals surface area contributed by atoms with E-state index >= 15 is 0 Å². The Hall–Kier alpha value is -1.88. The molecule has 0 N–H and O–H groups in total. The van der Waals surface area contributed by atoms with Crippen molar-refractivity contribution in [1.29, 1.82) is 0 Å². The largest absolute Gasteiger partial charge is 0.467 e. The summed E-state index contributed by atoms with van der Waals surface area (Å²) in [6.45, 7) is 2.12. The molecule has 0 bridgehead atoms. The van der Waals surface area contributed by atoms with Crippen molar-refractivity contribution in [3.8, 4) is 6.01 Å². The van der Waals surface area contributed by atoms with Gasteiger partial charge in [-0.15, -0.1) is 0 Å². The normalized spacial score (nSPS) is 14.8. The van der Waals surface area contributed by atoms with Crippen molar-refractivity contribution >= 4 is 23.1 Å². The van der Waals surface area contributed by atoms with Gasteiger partial charge in [0.15, 0.2) is 0 Å². The number of methoxy groups -OCH3 is 1. The second kappa shape index (κ2) is 6.52. The smallest absolute Gasteiger partial charge is 0.334 e. The first-order valence-corrected chi connectivity index (χ1v) is 6.66. The van der Waals surface area contributed by atoms with Crippen LogP contribution in [0.2, 0.25) is 0 Å². The molecular weight excluding hydrogens is 280 g/mol. The second-order valence-electron chi connectivity index (χ2n) is 4.16. The Morgan fingerprint density at radius 3 is 2.65 bits per heavy atom. The van der Waals surface area contributed by atoms with Crippen molar-refractivity contribution in [2.24, 2.45) is 0 Å². The van der Waals surface area contributed by atoms with E-state index in [0.717, 1.165) is 0 Å². The molecule has 0 amide bonds. The monoisotopic (exact) mass is 294 g/mol. The fraction of sp³-hybridized carbons (Fsp3) is 0.357. The minimum Gasteiger partial charge on any atom is -0.467 e. The van der Waals surface area contributed by atoms with E-state index in [1.54, 1.807) is 25.4 Å². The van der Waals surface area contributed by atoms with E-state index in [0.29, 0.717) is 41.2 Å². The number of ether oxygens (including phenoxy) is 2. The molecule has 0 aliphatic heterocycles. The molecule has 2 rings (SSSR count). The van der Waals surface area contributed by atoms with Gasteiger partial charge in [-0.3, -0.25) is 0 Å². The molecule has 0 fully saturated rings. The van der Waals surface area contributed by atoms with E-state index in [2.05, 4.69) is 9.97 Å². The highest BCUT2D eigenvalue weighted by atomic mass is 35.5. The molecule has 0 unspecified atom stereocenters. The first kappa shape index (κ1) is 14.5. The third kappa shape index (κ3) is 3.17. The van der Waals surface area contributed by atoms with E-state index in [1.165, 1.54) is 7.11 Å². The number of carbonyl (C=O) groups is 1. The SMILES string of the molecule is CCOC(=O)C1=C(c2cnc(OC)nc2)C=C(Cl)CC1. The summed E-state index contributed by atoms with van der Waals surface area (Å²) < 4.78 is 10.00. The van der Waals surface area contributed by atoms with Gasteiger partial charge in [-0.25, -0.2) is 14.8 Å². The summed E-state index contributed by atoms with van der Waals surface area (Å²) in [5, 5.41) is 0.698. The van der Waals surface area contributed by atoms with Gasteiger partial charge in [-0.2, -0.15) is 0 Å². The van der Waals surface area contributed by atoms with Gasteiger partial charge in [0.1, 0.15) is 0 Å². The Bertz CT molecular complexity index is 564. The molecule has 0 spiro atoms. The van der Waals surface area contributed by atoms with E-state index in [1.807, 2.05) is 0 Å². The number of hydrogen-bond donors (Lipinski definition) is 0. The number of halogens is 1. The van der Waals surface area contributed by atoms with Gasteiger partial charge in [0, 0.05) is 28.6 Å². The Morgan fingerprint density at radius 2 is 2.05 bits per heavy atom. The molecule has 0 aromatic carbocycles. The van der Waals surface area contributed by atoms with Gasteiger partial charge < -0.3 is 9.47 Å². The predicted molar refractivity (Wildman–Crippen MR) is 75.3 cm³/mol. The minimum absolute atomic E-state index is 0.276. The molecule has 0 radical (unpaired) electrons. The lowest BCUT2D eigenvalue weighted by molar-refractivity contribution is -0.138. The lowest BCUT2D eigenvalue weighted by atomic mass is 9.93. The van der Waals surface area contributed by atoms with E-state index < -0.39 is 0 Å². The maximum atomic E-state index is 12.0. The van der Waals surface area contributed by atoms with Gasteiger partial charge in [-0.05, 0) is 31.4 Å². The van der Waals surface area contributed by atoms with Crippen LogP contribution in [-0.2, 0) is 9.53 Å². The van der Waals surface area contributed by atoms with Crippen molar-refractivity contribution < 1.29 is 14.3 Å². The summed E-state index contributed by atoms with van der Waals surface area (Å²) in [5.74, 6) is -0.321. The molecule has 1 aromatic heterocycles. The van der Waals surface area contributed by atoms with Crippen LogP contribution in [0.25, 0.3) is 5.57 Å². The molecule has 106 valence electrons. The van der Waals surface area contributed by atoms with Crippen LogP contribution in [0.1, 0.15) is 25.3 Å². The second-order valence-corrected chi connectivity index (χ2v) is 4.65. The van der Waals surface area contributed by atoms with E-state index in [-0.39, 0.29) is 12.0 Å². The van der Waals surface area contributed by atoms with Crippen LogP contribution in [0.4, 0.5) is 0 Å². The summed E-state index contributed by atoms with van der Waals surface area (Å²) in [4.78, 5) is 20.1. The van der Waals surface area contributed by atoms with Gasteiger partial charge >= 0.3 is 12.0 Å². The van der Waals surface area contributed by atoms with Crippen molar-refractivity contribution in [3.63, 3.8) is 0 Å². The molecule has 1 aliphatic carbocycles. The highest BCUT2D eigenvalue weighted by Crippen LogP contribution is 2.32. The predicted octanol–water partition coefficient (Wildman–Crippen LogP) is 2.72. The zero-order valence-electron chi connectivity index (χ0n) is 11.4. The zero-order valence-corrected chi connectivity index (χ0v) is 12.1. The number of nitrogens with zero attached hydrogens (tertiary/aromatic N) is 2. The summed E-state index contributed by atoms with van der Waals surface area (Å²) in [5.41, 5.74) is 2.03. The van der Waals surface area contributed by atoms with Crippen molar-refractivity contribution in [2.75, 3.05) is 13.7 Å². The molecule has 0 saturated heterocycles. The Kier molecular flexibility index (Phi) is 4.74. The average Bonchev–Trinajstić information content (AvgIpc) is 2.47. The summed E-state index contributed by atoms with van der Waals surface area (Å²) in [6.07, 6.45) is 6.16. The molecular formula is C14H15ClN2O3. The number of rotatable bonds is 4. The highest BCUT2D eigenvalue weighted by molar-refractivity contribution is 6.30. The van der Waals surface area contributed by atoms with Crippen LogP contribution >= 0.6 is 11.6 Å². The van der Waals surface area contributed by atoms with Gasteiger partial charge in [0.25, 0.3) is 0 Å². The zero-order chi connectivity index (χ0) is 14.5. The standard InChI is InChI=1S/C14H15ClN2O3/c1-3-20-13(18)11-5-4-10(15)6-12(11)9-7-16-14(19-2)17-8-9/h6-8H,3-5H2,1-2H3. The van der Waals surface area contributed by atoms with Crippen LogP contribution in [0.5, 0.6) is 6.01 Å². The lowest BCUT2D eigenvalue weighted by Gasteiger charge is -2.16. The Morgan fingerprint density at radius 1 is 1.35 bits per heavy atom. The fourth-order valence-electron chi connectivity index (χ4n) is 1.94. The molecule has 1 aromatic rings. The number of esters is 1. The molecule has 0 atom stereocenters. The molecule has 1 heterocycles. The van der Waals surface area contributed by atoms with Crippen LogP contribution in [0.15, 0.2) is 29.1 Å². The van der Waals surface area contributed by atoms with Crippen molar-refractivity contribution in [2.45, 2.75) is 19.8 Å². The summed E-state index contributed by atoms with van der Waals surface area (Å²) >= 11 is 6.08. The number of allylic oxidation sites excluding steroid dienone is 3. The summed E-state index contributed by atoms with van der Waals surface area (Å²) in [6, 6.07) is 0.276. The van der Waals surface area contributed by atoms with E-state index in [9.17, 15) is 4.79 Å². The molecule has 20 heavy (non-hydrogen) atoms. The van der Waals surface area contributed by atoms with E-state index in [4.69, 9.17) is 21.1 Å². The minimum atomic E-state index is -0.321. The number of aromatic nitrogens is 2. The third-order valence-electron chi connectivity index (χ3n) is 2.88. The topological polar surface area (TPSA) is 61.3 Å². The van der Waals surface area contributed by atoms with Crippen molar-refractivity contribution in [1.82, 2.24) is 9.97 Å². The van der Waals surface area contributed by atoms with Gasteiger partial charge in [-0.1, -0.05) is 11.6 Å². The highest BCUT2D eigenvalue weighted by Gasteiger charge is 2.21. The average molecular weight is 295 g/mol. The van der Waals surface area contributed by atoms with Crippen LogP contribution in [0, 0.1) is 0 Å². The van der Waals surface area contributed by atoms with Gasteiger partial charge in [0.05, 0.1) is 13.7 Å². The van der Waals surface area contributed by atoms with Gasteiger partial charge in [0.2, 0.25) is 0 Å². The first-order chi connectivity index (χ1) is 9.65. The number of hydrogen-bond acceptors (Lipinski definition) is 5.